The van der Waals surface area contributed by atoms with Gasteiger partial charge in [-0.05, 0) is 30.9 Å². The number of para-hydroxylation sites is 1. The highest BCUT2D eigenvalue weighted by Crippen LogP contribution is 2.40. The van der Waals surface area contributed by atoms with Gasteiger partial charge in [-0.1, -0.05) is 38.5 Å². The first-order valence-corrected chi connectivity index (χ1v) is 9.88. The molecule has 0 saturated heterocycles. The minimum absolute atomic E-state index is 0.104. The number of fused-ring (bicyclic) bond motifs is 1. The average molecular weight is 398 g/mol. The molecule has 0 radical (unpaired) electrons. The minimum atomic E-state index is -0.778. The van der Waals surface area contributed by atoms with E-state index in [-0.39, 0.29) is 5.92 Å². The molecule has 7 heteroatoms. The van der Waals surface area contributed by atoms with Crippen LogP contribution in [0.5, 0.6) is 0 Å². The van der Waals surface area contributed by atoms with Gasteiger partial charge in [0.1, 0.15) is 6.04 Å². The van der Waals surface area contributed by atoms with E-state index >= 15 is 0 Å². The lowest BCUT2D eigenvalue weighted by Gasteiger charge is -2.21. The molecule has 1 aliphatic rings. The van der Waals surface area contributed by atoms with Crippen LogP contribution in [-0.4, -0.2) is 42.6 Å². The number of amides is 1. The van der Waals surface area contributed by atoms with Gasteiger partial charge < -0.3 is 14.8 Å². The van der Waals surface area contributed by atoms with Gasteiger partial charge in [-0.2, -0.15) is 0 Å². The van der Waals surface area contributed by atoms with E-state index in [1.807, 2.05) is 38.1 Å². The Bertz CT molecular complexity index is 923. The summed E-state index contributed by atoms with van der Waals surface area (Å²) in [6.45, 7) is 3.29. The Kier molecular flexibility index (Phi) is 6.46. The first-order chi connectivity index (χ1) is 13.9. The molecule has 1 heterocycles. The molecule has 2 atom stereocenters. The van der Waals surface area contributed by atoms with E-state index in [0.717, 1.165) is 24.1 Å². The fourth-order valence-electron chi connectivity index (χ4n) is 3.17. The van der Waals surface area contributed by atoms with Crippen LogP contribution < -0.4 is 5.32 Å². The van der Waals surface area contributed by atoms with Gasteiger partial charge in [0.05, 0.1) is 18.2 Å². The highest BCUT2D eigenvalue weighted by molar-refractivity contribution is 6.04. The third kappa shape index (κ3) is 4.91. The van der Waals surface area contributed by atoms with Crippen molar-refractivity contribution in [2.75, 3.05) is 13.7 Å². The Balaban J connectivity index is 1.70. The van der Waals surface area contributed by atoms with Gasteiger partial charge in [0, 0.05) is 17.0 Å². The maximum absolute atomic E-state index is 12.7. The topological polar surface area (TPSA) is 94.6 Å². The molecule has 0 aliphatic heterocycles. The predicted molar refractivity (Wildman–Crippen MR) is 107 cm³/mol. The van der Waals surface area contributed by atoms with Gasteiger partial charge in [-0.25, -0.2) is 9.59 Å². The van der Waals surface area contributed by atoms with Gasteiger partial charge >= 0.3 is 11.9 Å². The highest BCUT2D eigenvalue weighted by atomic mass is 16.5. The Morgan fingerprint density at radius 3 is 2.62 bits per heavy atom. The number of aromatic nitrogens is 1. The summed E-state index contributed by atoms with van der Waals surface area (Å²) in [5, 5.41) is 3.29. The van der Waals surface area contributed by atoms with Crippen molar-refractivity contribution in [3.63, 3.8) is 0 Å². The van der Waals surface area contributed by atoms with Crippen LogP contribution in [0, 0.1) is 5.92 Å². The van der Waals surface area contributed by atoms with Crippen molar-refractivity contribution in [2.24, 2.45) is 5.92 Å². The van der Waals surface area contributed by atoms with E-state index in [9.17, 15) is 14.4 Å². The molecular formula is C22H26N2O5. The molecule has 1 aromatic carbocycles. The fraction of sp³-hybridized carbons (Fsp3) is 0.455. The van der Waals surface area contributed by atoms with Crippen molar-refractivity contribution in [1.82, 2.24) is 10.3 Å². The normalized spacial score (nSPS) is 15.4. The fourth-order valence-corrected chi connectivity index (χ4v) is 3.17. The van der Waals surface area contributed by atoms with E-state index in [0.29, 0.717) is 23.3 Å². The number of carbonyl (C=O) groups is 3. The van der Waals surface area contributed by atoms with Crippen LogP contribution in [0.4, 0.5) is 0 Å². The maximum Gasteiger partial charge on any atom is 0.339 e. The smallest absolute Gasteiger partial charge is 0.339 e. The largest absolute Gasteiger partial charge is 0.467 e. The first-order valence-electron chi connectivity index (χ1n) is 9.88. The molecule has 1 N–H and O–H groups in total. The second-order valence-corrected chi connectivity index (χ2v) is 7.42. The van der Waals surface area contributed by atoms with Crippen molar-refractivity contribution >= 4 is 28.7 Å². The number of pyridine rings is 1. The highest BCUT2D eigenvalue weighted by Gasteiger charge is 2.29. The van der Waals surface area contributed by atoms with Gasteiger partial charge in [0.25, 0.3) is 5.91 Å². The van der Waals surface area contributed by atoms with Gasteiger partial charge in [0.15, 0.2) is 6.61 Å². The Morgan fingerprint density at radius 2 is 1.97 bits per heavy atom. The second kappa shape index (κ2) is 9.03. The quantitative estimate of drug-likeness (QED) is 0.687. The molecule has 1 saturated carbocycles. The summed E-state index contributed by atoms with van der Waals surface area (Å²) in [6, 6.07) is 8.35. The number of methoxy groups -OCH3 is 1. The van der Waals surface area contributed by atoms with Crippen LogP contribution in [0.3, 0.4) is 0 Å². The molecule has 1 amide bonds. The van der Waals surface area contributed by atoms with Crippen molar-refractivity contribution in [3.05, 3.63) is 41.6 Å². The molecule has 1 aromatic heterocycles. The molecule has 1 fully saturated rings. The van der Waals surface area contributed by atoms with Crippen LogP contribution in [-0.2, 0) is 19.1 Å². The van der Waals surface area contributed by atoms with E-state index in [2.05, 4.69) is 10.3 Å². The second-order valence-electron chi connectivity index (χ2n) is 7.42. The number of hydrogen-bond acceptors (Lipinski definition) is 6. The zero-order valence-corrected chi connectivity index (χ0v) is 16.9. The lowest BCUT2D eigenvalue weighted by Crippen LogP contribution is -2.47. The summed E-state index contributed by atoms with van der Waals surface area (Å²) in [5.41, 5.74) is 2.01. The van der Waals surface area contributed by atoms with Gasteiger partial charge in [-0.15, -0.1) is 0 Å². The third-order valence-corrected chi connectivity index (χ3v) is 5.27. The molecule has 3 rings (SSSR count). The van der Waals surface area contributed by atoms with Gasteiger partial charge in [-0.3, -0.25) is 9.78 Å². The lowest BCUT2D eigenvalue weighted by molar-refractivity contribution is -0.147. The molecule has 29 heavy (non-hydrogen) atoms. The predicted octanol–water partition coefficient (Wildman–Crippen LogP) is 2.97. The number of nitrogens with one attached hydrogen (secondary N) is 1. The third-order valence-electron chi connectivity index (χ3n) is 5.27. The number of benzene rings is 1. The molecule has 7 nitrogen and oxygen atoms in total. The van der Waals surface area contributed by atoms with Crippen molar-refractivity contribution < 1.29 is 23.9 Å². The van der Waals surface area contributed by atoms with Crippen LogP contribution >= 0.6 is 0 Å². The summed E-state index contributed by atoms with van der Waals surface area (Å²) >= 11 is 0. The summed E-state index contributed by atoms with van der Waals surface area (Å²) in [4.78, 5) is 41.5. The summed E-state index contributed by atoms with van der Waals surface area (Å²) in [7, 11) is 1.27. The lowest BCUT2D eigenvalue weighted by atomic mass is 9.99. The Morgan fingerprint density at radius 1 is 1.24 bits per heavy atom. The van der Waals surface area contributed by atoms with E-state index in [4.69, 9.17) is 9.47 Å². The van der Waals surface area contributed by atoms with E-state index in [1.165, 1.54) is 7.11 Å². The van der Waals surface area contributed by atoms with Crippen molar-refractivity contribution in [3.8, 4) is 0 Å². The monoisotopic (exact) mass is 398 g/mol. The van der Waals surface area contributed by atoms with Crippen LogP contribution in [0.1, 0.15) is 55.1 Å². The Hall–Kier alpha value is -2.96. The molecule has 0 unspecified atom stereocenters. The summed E-state index contributed by atoms with van der Waals surface area (Å²) < 4.78 is 10.0. The number of rotatable bonds is 8. The minimum Gasteiger partial charge on any atom is -0.467 e. The van der Waals surface area contributed by atoms with E-state index < -0.39 is 30.5 Å². The SMILES string of the molecule is CC[C@H](C)[C@@H](NC(=O)COC(=O)c1cc(C2CC2)nc2ccccc12)C(=O)OC. The molecule has 2 aromatic rings. The molecule has 0 spiro atoms. The van der Waals surface area contributed by atoms with Gasteiger partial charge in [0.2, 0.25) is 0 Å². The molecule has 0 bridgehead atoms. The first kappa shape index (κ1) is 20.8. The zero-order chi connectivity index (χ0) is 21.0. The number of esters is 2. The van der Waals surface area contributed by atoms with Crippen molar-refractivity contribution in [2.45, 2.75) is 45.1 Å². The van der Waals surface area contributed by atoms with Crippen LogP contribution in [0.2, 0.25) is 0 Å². The summed E-state index contributed by atoms with van der Waals surface area (Å²) in [5.74, 6) is -1.37. The zero-order valence-electron chi connectivity index (χ0n) is 16.9. The van der Waals surface area contributed by atoms with Crippen molar-refractivity contribution in [1.29, 1.82) is 0 Å². The number of nitrogens with zero attached hydrogens (tertiary/aromatic N) is 1. The van der Waals surface area contributed by atoms with Crippen LogP contribution in [0.25, 0.3) is 10.9 Å². The maximum atomic E-state index is 12.7. The molecule has 1 aliphatic carbocycles. The number of carbonyl (C=O) groups excluding carboxylic acids is 3. The van der Waals surface area contributed by atoms with E-state index in [1.54, 1.807) is 6.07 Å². The number of hydrogen-bond donors (Lipinski definition) is 1. The average Bonchev–Trinajstić information content (AvgIpc) is 3.59. The van der Waals surface area contributed by atoms with Crippen LogP contribution in [0.15, 0.2) is 30.3 Å². The summed E-state index contributed by atoms with van der Waals surface area (Å²) in [6.07, 6.45) is 2.81. The molecule has 154 valence electrons. The number of ether oxygens (including phenoxy) is 2. The standard InChI is InChI=1S/C22H26N2O5/c1-4-13(2)20(22(27)28-3)24-19(25)12-29-21(26)16-11-18(14-9-10-14)23-17-8-6-5-7-15(16)17/h5-8,11,13-14,20H,4,9-10,12H2,1-3H3,(H,24,25)/t13-,20+/m0/s1. The molecular weight excluding hydrogens is 372 g/mol. The Labute approximate surface area is 169 Å².